The van der Waals surface area contributed by atoms with Gasteiger partial charge < -0.3 is 10.1 Å². The van der Waals surface area contributed by atoms with Gasteiger partial charge in [-0.1, -0.05) is 42.8 Å². The minimum absolute atomic E-state index is 0.0577. The number of likely N-dealkylation sites (tertiary alicyclic amines) is 1. The van der Waals surface area contributed by atoms with Crippen molar-refractivity contribution in [3.05, 3.63) is 76.2 Å². The molecule has 0 aliphatic carbocycles. The first kappa shape index (κ1) is 26.8. The summed E-state index contributed by atoms with van der Waals surface area (Å²) >= 11 is 5.90. The van der Waals surface area contributed by atoms with Gasteiger partial charge in [0.2, 0.25) is 0 Å². The molecule has 196 valence electrons. The third-order valence-corrected chi connectivity index (χ3v) is 6.94. The van der Waals surface area contributed by atoms with Crippen molar-refractivity contribution in [2.24, 2.45) is 0 Å². The number of para-hydroxylation sites is 1. The highest BCUT2D eigenvalue weighted by Gasteiger charge is 2.35. The van der Waals surface area contributed by atoms with Gasteiger partial charge in [0.05, 0.1) is 23.4 Å². The summed E-state index contributed by atoms with van der Waals surface area (Å²) in [7, 11) is 1.64. The Hall–Kier alpha value is -3.27. The topological polar surface area (TPSA) is 88.5 Å². The summed E-state index contributed by atoms with van der Waals surface area (Å²) in [4.78, 5) is 28.0. The summed E-state index contributed by atoms with van der Waals surface area (Å²) in [5.74, 6) is -0.325. The first-order chi connectivity index (χ1) is 17.8. The van der Waals surface area contributed by atoms with E-state index in [1.165, 1.54) is 12.1 Å². The molecule has 1 saturated heterocycles. The number of hydrogen-bond donors (Lipinski definition) is 2. The Bertz CT molecular complexity index is 1270. The van der Waals surface area contributed by atoms with Gasteiger partial charge in [0.15, 0.2) is 5.78 Å². The molecular weight excluding hydrogens is 497 g/mol. The van der Waals surface area contributed by atoms with Crippen LogP contribution in [0.4, 0.5) is 15.0 Å². The maximum absolute atomic E-state index is 14.3. The Labute approximate surface area is 220 Å². The lowest BCUT2D eigenvalue weighted by molar-refractivity contribution is 0.0982. The highest BCUT2D eigenvalue weighted by atomic mass is 35.5. The smallest absolute Gasteiger partial charge is 0.320 e. The van der Waals surface area contributed by atoms with Gasteiger partial charge in [-0.15, -0.1) is 0 Å². The van der Waals surface area contributed by atoms with Crippen LogP contribution in [0.2, 0.25) is 5.02 Å². The molecule has 1 aromatic heterocycles. The Balaban J connectivity index is 1.59. The Morgan fingerprint density at radius 2 is 1.95 bits per heavy atom. The van der Waals surface area contributed by atoms with E-state index < -0.39 is 11.8 Å². The molecule has 2 atom stereocenters. The predicted molar refractivity (Wildman–Crippen MR) is 141 cm³/mol. The fourth-order valence-corrected chi connectivity index (χ4v) is 4.78. The average molecular weight is 528 g/mol. The summed E-state index contributed by atoms with van der Waals surface area (Å²) < 4.78 is 21.0. The molecule has 1 fully saturated rings. The van der Waals surface area contributed by atoms with Gasteiger partial charge in [-0.25, -0.2) is 13.9 Å². The largest absolute Gasteiger partial charge is 0.383 e. The van der Waals surface area contributed by atoms with E-state index in [1.54, 1.807) is 31.7 Å². The van der Waals surface area contributed by atoms with Gasteiger partial charge in [0.25, 0.3) is 0 Å². The van der Waals surface area contributed by atoms with Crippen molar-refractivity contribution in [2.75, 3.05) is 38.7 Å². The zero-order valence-electron chi connectivity index (χ0n) is 21.1. The van der Waals surface area contributed by atoms with Gasteiger partial charge in [0, 0.05) is 44.6 Å². The minimum atomic E-state index is -0.492. The van der Waals surface area contributed by atoms with Crippen molar-refractivity contribution in [3.63, 3.8) is 0 Å². The fraction of sp³-hybridized carbons (Fsp3) is 0.370. The SMILES string of the molecule is CCC(=O)c1nn(-c2ccccc2)c(NC(=O)N[C@@H]2CN(CCOC)C[C@H]2c2ccc(Cl)c(F)c2)c1C. The molecule has 2 aromatic carbocycles. The van der Waals surface area contributed by atoms with Crippen molar-refractivity contribution < 1.29 is 18.7 Å². The number of hydrogen-bond acceptors (Lipinski definition) is 5. The minimum Gasteiger partial charge on any atom is -0.383 e. The summed E-state index contributed by atoms with van der Waals surface area (Å²) in [6.07, 6.45) is 0.303. The van der Waals surface area contributed by atoms with Crippen molar-refractivity contribution in [3.8, 4) is 5.69 Å². The lowest BCUT2D eigenvalue weighted by atomic mass is 9.94. The second kappa shape index (κ2) is 11.9. The fourth-order valence-electron chi connectivity index (χ4n) is 4.66. The van der Waals surface area contributed by atoms with Crippen LogP contribution in [0, 0.1) is 12.7 Å². The Kier molecular flexibility index (Phi) is 8.58. The average Bonchev–Trinajstić information content (AvgIpc) is 3.45. The molecule has 0 unspecified atom stereocenters. The van der Waals surface area contributed by atoms with Crippen LogP contribution < -0.4 is 10.6 Å². The van der Waals surface area contributed by atoms with Crippen LogP contribution in [-0.2, 0) is 4.74 Å². The number of carbonyl (C=O) groups is 2. The van der Waals surface area contributed by atoms with Crippen LogP contribution in [0.5, 0.6) is 0 Å². The van der Waals surface area contributed by atoms with Crippen molar-refractivity contribution in [1.29, 1.82) is 0 Å². The standard InChI is InChI=1S/C27H31ClFN5O3/c1-4-24(35)25-17(2)26(34(32-25)19-8-6-5-7-9-19)31-27(36)30-23-16-33(12-13-37-3)15-20(23)18-10-11-21(28)22(29)14-18/h5-11,14,20,23H,4,12-13,15-16H2,1-3H3,(H2,30,31,36)/t20-,23+/m0/s1. The predicted octanol–water partition coefficient (Wildman–Crippen LogP) is 4.80. The summed E-state index contributed by atoms with van der Waals surface area (Å²) in [6.45, 7) is 5.98. The molecule has 4 rings (SSSR count). The van der Waals surface area contributed by atoms with Crippen molar-refractivity contribution >= 4 is 29.2 Å². The summed E-state index contributed by atoms with van der Waals surface area (Å²) in [5, 5.41) is 10.5. The van der Waals surface area contributed by atoms with E-state index in [1.807, 2.05) is 30.3 Å². The highest BCUT2D eigenvalue weighted by molar-refractivity contribution is 6.30. The molecule has 8 nitrogen and oxygen atoms in total. The number of nitrogens with one attached hydrogen (secondary N) is 2. The number of aromatic nitrogens is 2. The number of rotatable bonds is 9. The number of carbonyl (C=O) groups excluding carboxylic acids is 2. The Morgan fingerprint density at radius 3 is 2.62 bits per heavy atom. The number of amides is 2. The molecule has 0 radical (unpaired) electrons. The first-order valence-electron chi connectivity index (χ1n) is 12.2. The molecule has 0 spiro atoms. The molecule has 0 saturated carbocycles. The van der Waals surface area contributed by atoms with Gasteiger partial charge in [0.1, 0.15) is 17.3 Å². The molecule has 1 aliphatic heterocycles. The monoisotopic (exact) mass is 527 g/mol. The van der Waals surface area contributed by atoms with E-state index in [-0.39, 0.29) is 22.8 Å². The number of urea groups is 1. The molecule has 2 heterocycles. The van der Waals surface area contributed by atoms with Crippen molar-refractivity contribution in [1.82, 2.24) is 20.0 Å². The molecule has 2 N–H and O–H groups in total. The zero-order chi connectivity index (χ0) is 26.5. The third kappa shape index (κ3) is 6.01. The second-order valence-electron chi connectivity index (χ2n) is 9.08. The number of benzene rings is 2. The number of ketones is 1. The van der Waals surface area contributed by atoms with Gasteiger partial charge in [-0.05, 0) is 36.8 Å². The van der Waals surface area contributed by atoms with Crippen LogP contribution in [0.3, 0.4) is 0 Å². The molecular formula is C27H31ClFN5O3. The molecule has 1 aliphatic rings. The normalized spacial score (nSPS) is 17.6. The number of nitrogens with zero attached hydrogens (tertiary/aromatic N) is 3. The van der Waals surface area contributed by atoms with Gasteiger partial charge >= 0.3 is 6.03 Å². The van der Waals surface area contributed by atoms with Crippen LogP contribution in [0.1, 0.15) is 40.9 Å². The van der Waals surface area contributed by atoms with E-state index in [4.69, 9.17) is 16.3 Å². The Morgan fingerprint density at radius 1 is 1.19 bits per heavy atom. The van der Waals surface area contributed by atoms with E-state index >= 15 is 0 Å². The number of halogens is 2. The second-order valence-corrected chi connectivity index (χ2v) is 9.49. The maximum atomic E-state index is 14.3. The van der Waals surface area contributed by atoms with Crippen LogP contribution in [-0.4, -0.2) is 65.9 Å². The first-order valence-corrected chi connectivity index (χ1v) is 12.6. The number of anilines is 1. The van der Waals surface area contributed by atoms with Gasteiger partial charge in [-0.2, -0.15) is 5.10 Å². The van der Waals surface area contributed by atoms with Crippen molar-refractivity contribution in [2.45, 2.75) is 32.2 Å². The number of methoxy groups -OCH3 is 1. The van der Waals surface area contributed by atoms with E-state index in [0.29, 0.717) is 49.7 Å². The highest BCUT2D eigenvalue weighted by Crippen LogP contribution is 2.30. The van der Waals surface area contributed by atoms with E-state index in [0.717, 1.165) is 11.3 Å². The maximum Gasteiger partial charge on any atom is 0.320 e. The molecule has 3 aromatic rings. The van der Waals surface area contributed by atoms with E-state index in [9.17, 15) is 14.0 Å². The molecule has 10 heteroatoms. The van der Waals surface area contributed by atoms with Crippen LogP contribution in [0.15, 0.2) is 48.5 Å². The molecule has 2 amide bonds. The molecule has 37 heavy (non-hydrogen) atoms. The third-order valence-electron chi connectivity index (χ3n) is 6.64. The lowest BCUT2D eigenvalue weighted by Crippen LogP contribution is -2.42. The zero-order valence-corrected chi connectivity index (χ0v) is 21.9. The van der Waals surface area contributed by atoms with E-state index in [2.05, 4.69) is 20.6 Å². The number of Topliss-reactive ketones (excluding diaryl/α,β-unsaturated/α-hetero) is 1. The summed E-state index contributed by atoms with van der Waals surface area (Å²) in [6, 6.07) is 13.3. The quantitative estimate of drug-likeness (QED) is 0.390. The number of ether oxygens (including phenoxy) is 1. The van der Waals surface area contributed by atoms with Gasteiger partial charge in [-0.3, -0.25) is 15.0 Å². The molecule has 0 bridgehead atoms. The summed E-state index contributed by atoms with van der Waals surface area (Å²) in [5.41, 5.74) is 2.39. The van der Waals surface area contributed by atoms with Crippen LogP contribution in [0.25, 0.3) is 5.69 Å². The lowest BCUT2D eigenvalue weighted by Gasteiger charge is -2.21. The van der Waals surface area contributed by atoms with Crippen LogP contribution >= 0.6 is 11.6 Å².